The largest absolute Gasteiger partial charge is 0.497 e. The minimum Gasteiger partial charge on any atom is -0.497 e. The molecule has 2 rings (SSSR count). The molecule has 19 heavy (non-hydrogen) atoms. The Morgan fingerprint density at radius 3 is 2.74 bits per heavy atom. The molecule has 1 atom stereocenters. The first-order valence-corrected chi connectivity index (χ1v) is 6.19. The molecule has 1 aliphatic rings. The maximum Gasteiger partial charge on any atom is 0.226 e. The molecule has 0 bridgehead atoms. The van der Waals surface area contributed by atoms with Crippen LogP contribution in [0.4, 0.5) is 5.69 Å². The van der Waals surface area contributed by atoms with Crippen molar-refractivity contribution in [3.63, 3.8) is 0 Å². The van der Waals surface area contributed by atoms with Crippen molar-refractivity contribution >= 4 is 17.5 Å². The molecule has 5 nitrogen and oxygen atoms in total. The lowest BCUT2D eigenvalue weighted by molar-refractivity contribution is -0.135. The zero-order chi connectivity index (χ0) is 14.0. The summed E-state index contributed by atoms with van der Waals surface area (Å²) in [5, 5.41) is 2.83. The van der Waals surface area contributed by atoms with Crippen LogP contribution in [-0.2, 0) is 16.0 Å². The number of nitrogens with one attached hydrogen (secondary N) is 1. The summed E-state index contributed by atoms with van der Waals surface area (Å²) in [5.41, 5.74) is 1.70. The number of ether oxygens (including phenoxy) is 1. The average Bonchev–Trinajstić information content (AvgIpc) is 2.54. The van der Waals surface area contributed by atoms with Crippen LogP contribution in [-0.4, -0.2) is 37.9 Å². The Hall–Kier alpha value is -2.04. The van der Waals surface area contributed by atoms with Gasteiger partial charge in [-0.15, -0.1) is 0 Å². The predicted molar refractivity (Wildman–Crippen MR) is 72.1 cm³/mol. The van der Waals surface area contributed by atoms with Gasteiger partial charge in [-0.3, -0.25) is 9.59 Å². The standard InChI is InChI=1S/C14H18N2O3/c1-16(2)14(18)10-6-9-4-5-11(19-3)8-12(9)15-13(17)7-10/h4-5,8,10H,6-7H2,1-3H3,(H,15,17). The topological polar surface area (TPSA) is 58.6 Å². The van der Waals surface area contributed by atoms with Crippen molar-refractivity contribution in [3.05, 3.63) is 23.8 Å². The van der Waals surface area contributed by atoms with Crippen LogP contribution < -0.4 is 10.1 Å². The Morgan fingerprint density at radius 2 is 2.11 bits per heavy atom. The zero-order valence-electron chi connectivity index (χ0n) is 11.4. The van der Waals surface area contributed by atoms with Crippen LogP contribution in [0.25, 0.3) is 0 Å². The second-order valence-corrected chi connectivity index (χ2v) is 4.91. The van der Waals surface area contributed by atoms with Gasteiger partial charge in [0.05, 0.1) is 13.0 Å². The summed E-state index contributed by atoms with van der Waals surface area (Å²) in [5.74, 6) is 0.243. The normalized spacial score (nSPS) is 18.1. The van der Waals surface area contributed by atoms with Crippen molar-refractivity contribution in [2.75, 3.05) is 26.5 Å². The molecular formula is C14H18N2O3. The van der Waals surface area contributed by atoms with Gasteiger partial charge >= 0.3 is 0 Å². The van der Waals surface area contributed by atoms with Crippen molar-refractivity contribution in [2.45, 2.75) is 12.8 Å². The number of hydrogen-bond acceptors (Lipinski definition) is 3. The number of amides is 2. The molecule has 1 heterocycles. The van der Waals surface area contributed by atoms with Gasteiger partial charge in [-0.1, -0.05) is 6.07 Å². The van der Waals surface area contributed by atoms with Crippen molar-refractivity contribution in [1.82, 2.24) is 4.90 Å². The average molecular weight is 262 g/mol. The molecule has 102 valence electrons. The Balaban J connectivity index is 2.32. The summed E-state index contributed by atoms with van der Waals surface area (Å²) < 4.78 is 5.14. The number of benzene rings is 1. The molecule has 0 aromatic heterocycles. The Labute approximate surface area is 112 Å². The fourth-order valence-corrected chi connectivity index (χ4v) is 2.28. The lowest BCUT2D eigenvalue weighted by Crippen LogP contribution is -2.32. The third kappa shape index (κ3) is 2.86. The van der Waals surface area contributed by atoms with Crippen LogP contribution in [0.2, 0.25) is 0 Å². The first kappa shape index (κ1) is 13.4. The number of methoxy groups -OCH3 is 1. The molecule has 0 saturated heterocycles. The summed E-state index contributed by atoms with van der Waals surface area (Å²) in [6.07, 6.45) is 0.781. The highest BCUT2D eigenvalue weighted by atomic mass is 16.5. The maximum atomic E-state index is 12.1. The summed E-state index contributed by atoms with van der Waals surface area (Å²) in [6, 6.07) is 5.53. The number of rotatable bonds is 2. The van der Waals surface area contributed by atoms with E-state index < -0.39 is 0 Å². The molecule has 1 aromatic rings. The van der Waals surface area contributed by atoms with E-state index in [9.17, 15) is 9.59 Å². The molecule has 2 amide bonds. The van der Waals surface area contributed by atoms with Gasteiger partial charge in [-0.05, 0) is 18.1 Å². The number of fused-ring (bicyclic) bond motifs is 1. The van der Waals surface area contributed by atoms with Crippen LogP contribution in [0.15, 0.2) is 18.2 Å². The molecule has 5 heteroatoms. The second kappa shape index (κ2) is 5.30. The lowest BCUT2D eigenvalue weighted by Gasteiger charge is -2.18. The summed E-state index contributed by atoms with van der Waals surface area (Å²) in [6.45, 7) is 0. The van der Waals surface area contributed by atoms with E-state index in [1.54, 1.807) is 27.3 Å². The van der Waals surface area contributed by atoms with Crippen LogP contribution >= 0.6 is 0 Å². The number of carbonyl (C=O) groups is 2. The second-order valence-electron chi connectivity index (χ2n) is 4.91. The van der Waals surface area contributed by atoms with Gasteiger partial charge in [0.15, 0.2) is 0 Å². The molecule has 1 unspecified atom stereocenters. The number of carbonyl (C=O) groups excluding carboxylic acids is 2. The highest BCUT2D eigenvalue weighted by molar-refractivity contribution is 5.96. The van der Waals surface area contributed by atoms with Gasteiger partial charge in [0.1, 0.15) is 5.75 Å². The van der Waals surface area contributed by atoms with E-state index in [4.69, 9.17) is 4.74 Å². The minimum atomic E-state index is -0.301. The highest BCUT2D eigenvalue weighted by Gasteiger charge is 2.28. The van der Waals surface area contributed by atoms with Gasteiger partial charge in [-0.2, -0.15) is 0 Å². The van der Waals surface area contributed by atoms with Gasteiger partial charge in [-0.25, -0.2) is 0 Å². The molecule has 1 aliphatic heterocycles. The smallest absolute Gasteiger partial charge is 0.226 e. The van der Waals surface area contributed by atoms with E-state index in [-0.39, 0.29) is 24.2 Å². The monoisotopic (exact) mass is 262 g/mol. The lowest BCUT2D eigenvalue weighted by atomic mass is 9.95. The van der Waals surface area contributed by atoms with Crippen molar-refractivity contribution in [1.29, 1.82) is 0 Å². The van der Waals surface area contributed by atoms with Crippen LogP contribution in [0.5, 0.6) is 5.75 Å². The molecule has 1 aromatic carbocycles. The van der Waals surface area contributed by atoms with E-state index in [0.29, 0.717) is 12.2 Å². The fraction of sp³-hybridized carbons (Fsp3) is 0.429. The molecule has 0 aliphatic carbocycles. The van der Waals surface area contributed by atoms with E-state index in [2.05, 4.69) is 5.32 Å². The third-order valence-corrected chi connectivity index (χ3v) is 3.28. The van der Waals surface area contributed by atoms with E-state index in [0.717, 1.165) is 11.3 Å². The van der Waals surface area contributed by atoms with Gasteiger partial charge in [0.25, 0.3) is 0 Å². The van der Waals surface area contributed by atoms with Gasteiger partial charge in [0.2, 0.25) is 11.8 Å². The molecule has 0 fully saturated rings. The van der Waals surface area contributed by atoms with Crippen LogP contribution in [0.1, 0.15) is 12.0 Å². The SMILES string of the molecule is COc1ccc2c(c1)NC(=O)CC(C(=O)N(C)C)C2. The fourth-order valence-electron chi connectivity index (χ4n) is 2.28. The Kier molecular flexibility index (Phi) is 3.74. The molecule has 0 spiro atoms. The number of hydrogen-bond donors (Lipinski definition) is 1. The third-order valence-electron chi connectivity index (χ3n) is 3.28. The summed E-state index contributed by atoms with van der Waals surface area (Å²) >= 11 is 0. The highest BCUT2D eigenvalue weighted by Crippen LogP contribution is 2.29. The Bertz CT molecular complexity index is 511. The number of nitrogens with zero attached hydrogens (tertiary/aromatic N) is 1. The van der Waals surface area contributed by atoms with Crippen LogP contribution in [0.3, 0.4) is 0 Å². The molecule has 1 N–H and O–H groups in total. The molecular weight excluding hydrogens is 244 g/mol. The summed E-state index contributed by atoms with van der Waals surface area (Å²) in [4.78, 5) is 25.4. The molecule has 0 radical (unpaired) electrons. The zero-order valence-corrected chi connectivity index (χ0v) is 11.4. The van der Waals surface area contributed by atoms with E-state index in [1.165, 1.54) is 4.90 Å². The Morgan fingerprint density at radius 1 is 1.37 bits per heavy atom. The van der Waals surface area contributed by atoms with Crippen molar-refractivity contribution in [3.8, 4) is 5.75 Å². The quantitative estimate of drug-likeness (QED) is 0.873. The van der Waals surface area contributed by atoms with Gasteiger partial charge in [0, 0.05) is 32.3 Å². The van der Waals surface area contributed by atoms with E-state index in [1.807, 2.05) is 12.1 Å². The van der Waals surface area contributed by atoms with Crippen molar-refractivity contribution in [2.24, 2.45) is 5.92 Å². The maximum absolute atomic E-state index is 12.1. The molecule has 0 saturated carbocycles. The predicted octanol–water partition coefficient (Wildman–Crippen LogP) is 1.28. The first-order chi connectivity index (χ1) is 9.01. The van der Waals surface area contributed by atoms with Crippen LogP contribution in [0, 0.1) is 5.92 Å². The minimum absolute atomic E-state index is 0.0150. The first-order valence-electron chi connectivity index (χ1n) is 6.19. The summed E-state index contributed by atoms with van der Waals surface area (Å²) in [7, 11) is 5.00. The van der Waals surface area contributed by atoms with Crippen molar-refractivity contribution < 1.29 is 14.3 Å². The number of anilines is 1. The van der Waals surface area contributed by atoms with Gasteiger partial charge < -0.3 is 15.0 Å². The van der Waals surface area contributed by atoms with E-state index >= 15 is 0 Å².